The first kappa shape index (κ1) is 20.1. The monoisotopic (exact) mass is 462 g/mol. The second kappa shape index (κ2) is 8.55. The molecule has 0 saturated carbocycles. The molecular weight excluding hydrogens is 446 g/mol. The molecular formula is C17H17BrF2N2O4S. The number of ether oxygens (including phenoxy) is 1. The van der Waals surface area contributed by atoms with Crippen LogP contribution in [0.25, 0.3) is 0 Å². The molecule has 2 aliphatic heterocycles. The van der Waals surface area contributed by atoms with Crippen molar-refractivity contribution in [1.82, 2.24) is 9.80 Å². The zero-order chi connectivity index (χ0) is 19.6. The van der Waals surface area contributed by atoms with E-state index in [-0.39, 0.29) is 47.4 Å². The fraction of sp³-hybridized carbons (Fsp3) is 0.471. The first-order valence-electron chi connectivity index (χ1n) is 8.35. The van der Waals surface area contributed by atoms with Gasteiger partial charge >= 0.3 is 6.61 Å². The van der Waals surface area contributed by atoms with Crippen LogP contribution in [0.3, 0.4) is 0 Å². The molecule has 1 aromatic carbocycles. The molecule has 10 heteroatoms. The van der Waals surface area contributed by atoms with E-state index in [0.29, 0.717) is 29.5 Å². The first-order chi connectivity index (χ1) is 12.8. The maximum Gasteiger partial charge on any atom is 0.387 e. The fourth-order valence-corrected chi connectivity index (χ4v) is 4.43. The van der Waals surface area contributed by atoms with Crippen molar-refractivity contribution >= 4 is 44.7 Å². The van der Waals surface area contributed by atoms with Crippen molar-refractivity contribution in [3.05, 3.63) is 28.2 Å². The third kappa shape index (κ3) is 4.78. The number of nitrogens with zero attached hydrogens (tertiary/aromatic N) is 2. The highest BCUT2D eigenvalue weighted by molar-refractivity contribution is 9.10. The van der Waals surface area contributed by atoms with Gasteiger partial charge in [-0.2, -0.15) is 8.78 Å². The minimum Gasteiger partial charge on any atom is -0.435 e. The molecule has 0 spiro atoms. The number of rotatable bonds is 6. The Bertz CT molecular complexity index is 748. The molecule has 146 valence electrons. The molecule has 2 aliphatic rings. The summed E-state index contributed by atoms with van der Waals surface area (Å²) in [6.45, 7) is -2.16. The van der Waals surface area contributed by atoms with E-state index in [4.69, 9.17) is 0 Å². The number of halogens is 3. The minimum absolute atomic E-state index is 0.0468. The van der Waals surface area contributed by atoms with Crippen molar-refractivity contribution in [2.45, 2.75) is 31.9 Å². The van der Waals surface area contributed by atoms with Gasteiger partial charge in [0.05, 0.1) is 11.8 Å². The number of amides is 3. The Balaban J connectivity index is 1.58. The Morgan fingerprint density at radius 2 is 2.15 bits per heavy atom. The summed E-state index contributed by atoms with van der Waals surface area (Å²) in [5, 5.41) is -0.262. The normalized spacial score (nSPS) is 20.1. The summed E-state index contributed by atoms with van der Waals surface area (Å²) in [6.07, 6.45) is 0.929. The number of alkyl halides is 2. The number of thioether (sulfide) groups is 1. The van der Waals surface area contributed by atoms with E-state index in [1.54, 1.807) is 17.0 Å². The molecule has 3 rings (SSSR count). The summed E-state index contributed by atoms with van der Waals surface area (Å²) in [4.78, 5) is 39.0. The molecule has 1 atom stereocenters. The molecule has 27 heavy (non-hydrogen) atoms. The lowest BCUT2D eigenvalue weighted by Gasteiger charge is -2.22. The van der Waals surface area contributed by atoms with Crippen LogP contribution in [-0.4, -0.2) is 58.3 Å². The van der Waals surface area contributed by atoms with Crippen LogP contribution in [0.1, 0.15) is 18.4 Å². The van der Waals surface area contributed by atoms with Gasteiger partial charge in [-0.3, -0.25) is 19.3 Å². The standard InChI is InChI=1S/C17H17BrF2N2O4S/c18-11-2-3-13(26-16(19)20)10(7-11)1-4-14(23)21-6-5-12(8-21)22-15(24)9-27-17(22)25/h2-3,7,12,16H,1,4-6,8-9H2. The second-order valence-electron chi connectivity index (χ2n) is 6.23. The molecule has 0 radical (unpaired) electrons. The number of benzene rings is 1. The van der Waals surface area contributed by atoms with Gasteiger partial charge in [0.1, 0.15) is 5.75 Å². The van der Waals surface area contributed by atoms with Gasteiger partial charge in [0.15, 0.2) is 0 Å². The van der Waals surface area contributed by atoms with Crippen molar-refractivity contribution in [3.8, 4) is 5.75 Å². The number of imide groups is 1. The average molecular weight is 463 g/mol. The quantitative estimate of drug-likeness (QED) is 0.648. The van der Waals surface area contributed by atoms with E-state index in [2.05, 4.69) is 20.7 Å². The van der Waals surface area contributed by atoms with Gasteiger partial charge in [0.2, 0.25) is 11.8 Å². The minimum atomic E-state index is -2.94. The van der Waals surface area contributed by atoms with Crippen LogP contribution in [0.4, 0.5) is 13.6 Å². The molecule has 0 N–H and O–H groups in total. The molecule has 1 unspecified atom stereocenters. The molecule has 2 heterocycles. The van der Waals surface area contributed by atoms with Crippen molar-refractivity contribution in [2.24, 2.45) is 0 Å². The molecule has 2 saturated heterocycles. The highest BCUT2D eigenvalue weighted by atomic mass is 79.9. The largest absolute Gasteiger partial charge is 0.435 e. The van der Waals surface area contributed by atoms with Gasteiger partial charge in [-0.15, -0.1) is 0 Å². The summed E-state index contributed by atoms with van der Waals surface area (Å²) in [6, 6.07) is 4.39. The van der Waals surface area contributed by atoms with Crippen molar-refractivity contribution in [1.29, 1.82) is 0 Å². The molecule has 0 aliphatic carbocycles. The van der Waals surface area contributed by atoms with Gasteiger partial charge in [0.25, 0.3) is 5.24 Å². The summed E-state index contributed by atoms with van der Waals surface area (Å²) in [5.74, 6) is -0.163. The molecule has 0 bridgehead atoms. The number of hydrogen-bond acceptors (Lipinski definition) is 5. The number of likely N-dealkylation sites (tertiary alicyclic amines) is 1. The van der Waals surface area contributed by atoms with Crippen LogP contribution < -0.4 is 4.74 Å². The Morgan fingerprint density at radius 1 is 1.37 bits per heavy atom. The highest BCUT2D eigenvalue weighted by Gasteiger charge is 2.40. The molecule has 0 aromatic heterocycles. The van der Waals surface area contributed by atoms with Crippen LogP contribution in [0.2, 0.25) is 0 Å². The van der Waals surface area contributed by atoms with Crippen LogP contribution >= 0.6 is 27.7 Å². The molecule has 3 amide bonds. The molecule has 2 fully saturated rings. The van der Waals surface area contributed by atoms with Gasteiger partial charge in [-0.25, -0.2) is 0 Å². The van der Waals surface area contributed by atoms with Crippen LogP contribution in [0, 0.1) is 0 Å². The lowest BCUT2D eigenvalue weighted by molar-refractivity contribution is -0.131. The maximum absolute atomic E-state index is 12.5. The third-order valence-corrected chi connectivity index (χ3v) is 5.84. The maximum atomic E-state index is 12.5. The number of aryl methyl sites for hydroxylation is 1. The Morgan fingerprint density at radius 3 is 2.81 bits per heavy atom. The average Bonchev–Trinajstić information content (AvgIpc) is 3.21. The Labute approximate surface area is 167 Å². The summed E-state index contributed by atoms with van der Waals surface area (Å²) < 4.78 is 30.3. The van der Waals surface area contributed by atoms with E-state index >= 15 is 0 Å². The van der Waals surface area contributed by atoms with Gasteiger partial charge in [0, 0.05) is 24.0 Å². The van der Waals surface area contributed by atoms with Crippen molar-refractivity contribution in [2.75, 3.05) is 18.8 Å². The lowest BCUT2D eigenvalue weighted by Crippen LogP contribution is -2.41. The SMILES string of the molecule is O=C(CCc1cc(Br)ccc1OC(F)F)N1CCC(N2C(=O)CSC2=O)C1. The summed E-state index contributed by atoms with van der Waals surface area (Å²) >= 11 is 4.26. The van der Waals surface area contributed by atoms with E-state index < -0.39 is 6.61 Å². The van der Waals surface area contributed by atoms with Gasteiger partial charge in [-0.1, -0.05) is 27.7 Å². The zero-order valence-corrected chi connectivity index (χ0v) is 16.6. The van der Waals surface area contributed by atoms with Crippen LogP contribution in [0.15, 0.2) is 22.7 Å². The number of hydrogen-bond donors (Lipinski definition) is 0. The Hall–Kier alpha value is -1.68. The lowest BCUT2D eigenvalue weighted by atomic mass is 10.1. The Kier molecular flexibility index (Phi) is 6.36. The topological polar surface area (TPSA) is 66.9 Å². The fourth-order valence-electron chi connectivity index (χ4n) is 3.25. The number of carbonyl (C=O) groups is 3. The molecule has 1 aromatic rings. The zero-order valence-electron chi connectivity index (χ0n) is 14.2. The number of carbonyl (C=O) groups excluding carboxylic acids is 3. The van der Waals surface area contributed by atoms with E-state index in [0.717, 1.165) is 11.8 Å². The van der Waals surface area contributed by atoms with Crippen molar-refractivity contribution < 1.29 is 27.9 Å². The van der Waals surface area contributed by atoms with E-state index in [1.807, 2.05) is 0 Å². The second-order valence-corrected chi connectivity index (χ2v) is 8.07. The smallest absolute Gasteiger partial charge is 0.387 e. The van der Waals surface area contributed by atoms with E-state index in [9.17, 15) is 23.2 Å². The van der Waals surface area contributed by atoms with E-state index in [1.165, 1.54) is 11.0 Å². The first-order valence-corrected chi connectivity index (χ1v) is 10.1. The van der Waals surface area contributed by atoms with Gasteiger partial charge in [-0.05, 0) is 36.6 Å². The third-order valence-electron chi connectivity index (χ3n) is 4.51. The van der Waals surface area contributed by atoms with Crippen LogP contribution in [-0.2, 0) is 16.0 Å². The molecule has 6 nitrogen and oxygen atoms in total. The predicted octanol–water partition coefficient (Wildman–Crippen LogP) is 3.28. The summed E-state index contributed by atoms with van der Waals surface area (Å²) in [5.41, 5.74) is 0.509. The highest BCUT2D eigenvalue weighted by Crippen LogP contribution is 2.28. The van der Waals surface area contributed by atoms with Gasteiger partial charge < -0.3 is 9.64 Å². The predicted molar refractivity (Wildman–Crippen MR) is 98.8 cm³/mol. The van der Waals surface area contributed by atoms with Crippen molar-refractivity contribution in [3.63, 3.8) is 0 Å². The van der Waals surface area contributed by atoms with Crippen LogP contribution in [0.5, 0.6) is 5.75 Å². The summed E-state index contributed by atoms with van der Waals surface area (Å²) in [7, 11) is 0.